The number of hydrogen-bond acceptors (Lipinski definition) is 5. The summed E-state index contributed by atoms with van der Waals surface area (Å²) in [5, 5.41) is 1.30. The molecule has 122 valence electrons. The zero-order valence-electron chi connectivity index (χ0n) is 10.8. The van der Waals surface area contributed by atoms with Crippen molar-refractivity contribution in [3.8, 4) is 0 Å². The van der Waals surface area contributed by atoms with E-state index in [1.165, 1.54) is 5.37 Å². The molecule has 21 heavy (non-hydrogen) atoms. The maximum absolute atomic E-state index is 10.7. The maximum atomic E-state index is 10.7. The molecule has 7 nitrogen and oxygen atoms in total. The predicted molar refractivity (Wildman–Crippen MR) is 65.6 cm³/mol. The fourth-order valence-corrected chi connectivity index (χ4v) is 1.45. The quantitative estimate of drug-likeness (QED) is 0.247. The van der Waals surface area contributed by atoms with E-state index in [1.54, 1.807) is 0 Å². The number of imidazole rings is 1. The zero-order valence-corrected chi connectivity index (χ0v) is 12.4. The van der Waals surface area contributed by atoms with Crippen LogP contribution < -0.4 is 4.57 Å². The summed E-state index contributed by atoms with van der Waals surface area (Å²) in [6, 6.07) is 0. The van der Waals surface area contributed by atoms with Crippen LogP contribution >= 0.6 is 0 Å². The predicted octanol–water partition coefficient (Wildman–Crippen LogP) is -0.175. The number of nitrogens with zero attached hydrogens (tertiary/aromatic N) is 2. The molecule has 0 saturated carbocycles. The average molecular weight is 350 g/mol. The van der Waals surface area contributed by atoms with Gasteiger partial charge in [-0.15, -0.1) is 0 Å². The molecule has 0 aromatic carbocycles. The van der Waals surface area contributed by atoms with Crippen LogP contribution in [-0.2, 0) is 34.0 Å². The highest BCUT2D eigenvalue weighted by atomic mass is 32.2. The molecule has 0 bridgehead atoms. The van der Waals surface area contributed by atoms with Gasteiger partial charge in [0.1, 0.15) is 12.4 Å². The first-order valence-electron chi connectivity index (χ1n) is 5.38. The van der Waals surface area contributed by atoms with Gasteiger partial charge in [-0.2, -0.15) is 21.6 Å². The Morgan fingerprint density at radius 2 is 1.90 bits per heavy atom. The monoisotopic (exact) mass is 350 g/mol. The molecule has 0 radical (unpaired) electrons. The van der Waals surface area contributed by atoms with Gasteiger partial charge in [0.2, 0.25) is 16.6 Å². The number of aromatic nitrogens is 2. The first-order chi connectivity index (χ1) is 9.43. The lowest BCUT2D eigenvalue weighted by molar-refractivity contribution is -0.671. The Hall–Kier alpha value is -1.40. The van der Waals surface area contributed by atoms with E-state index >= 15 is 0 Å². The van der Waals surface area contributed by atoms with Crippen LogP contribution in [0, 0.1) is 0 Å². The summed E-state index contributed by atoms with van der Waals surface area (Å²) >= 11 is 0. The highest BCUT2D eigenvalue weighted by molar-refractivity contribution is 7.86. The minimum atomic E-state index is -6.09. The van der Waals surface area contributed by atoms with Crippen LogP contribution in [0.3, 0.4) is 0 Å². The van der Waals surface area contributed by atoms with Crippen LogP contribution in [0.25, 0.3) is 0 Å². The Balaban J connectivity index is 0.000000433. The molecular weight excluding hydrogens is 337 g/mol. The van der Waals surface area contributed by atoms with Crippen molar-refractivity contribution in [1.82, 2.24) is 4.57 Å². The van der Waals surface area contributed by atoms with Crippen molar-refractivity contribution in [3.05, 3.63) is 18.7 Å². The van der Waals surface area contributed by atoms with Gasteiger partial charge in [-0.05, 0) is 12.8 Å². The van der Waals surface area contributed by atoms with Gasteiger partial charge in [0.05, 0.1) is 13.6 Å². The summed E-state index contributed by atoms with van der Waals surface area (Å²) in [6.07, 6.45) is 7.35. The van der Waals surface area contributed by atoms with Crippen LogP contribution in [0.5, 0.6) is 0 Å². The van der Waals surface area contributed by atoms with Crippen LogP contribution in [0.4, 0.5) is 13.2 Å². The van der Waals surface area contributed by atoms with Crippen molar-refractivity contribution in [1.29, 1.82) is 0 Å². The zero-order chi connectivity index (χ0) is 16.7. The molecule has 0 aliphatic rings. The van der Waals surface area contributed by atoms with Crippen LogP contribution in [0.2, 0.25) is 0 Å². The highest BCUT2D eigenvalue weighted by Crippen LogP contribution is 2.20. The third kappa shape index (κ3) is 9.20. The van der Waals surface area contributed by atoms with Crippen LogP contribution in [-0.4, -0.2) is 36.8 Å². The second-order valence-electron chi connectivity index (χ2n) is 3.79. The van der Waals surface area contributed by atoms with E-state index in [4.69, 9.17) is 13.0 Å². The smallest absolute Gasteiger partial charge is 0.485 e. The Kier molecular flexibility index (Phi) is 7.60. The lowest BCUT2D eigenvalue weighted by Gasteiger charge is -2.08. The van der Waals surface area contributed by atoms with Crippen molar-refractivity contribution < 1.29 is 39.1 Å². The van der Waals surface area contributed by atoms with Gasteiger partial charge in [-0.1, -0.05) is 0 Å². The van der Waals surface area contributed by atoms with Gasteiger partial charge in [0.15, 0.2) is 10.1 Å². The van der Waals surface area contributed by atoms with E-state index in [0.29, 0.717) is 6.42 Å². The van der Waals surface area contributed by atoms with E-state index < -0.39 is 25.9 Å². The summed E-state index contributed by atoms with van der Waals surface area (Å²) in [5.74, 6) is 0. The van der Waals surface area contributed by atoms with E-state index in [0.717, 1.165) is 13.0 Å². The lowest BCUT2D eigenvalue weighted by atomic mass is 10.3. The number of alkyl halides is 3. The first-order valence-corrected chi connectivity index (χ1v) is 7.92. The second-order valence-corrected chi connectivity index (χ2v) is 6.01. The van der Waals surface area contributed by atoms with E-state index in [2.05, 4.69) is 0 Å². The second kappa shape index (κ2) is 8.14. The molecule has 0 saturated heterocycles. The molecule has 0 aliphatic heterocycles. The summed E-state index contributed by atoms with van der Waals surface area (Å²) in [6.45, 7) is 0.856. The van der Waals surface area contributed by atoms with Gasteiger partial charge >= 0.3 is 5.51 Å². The molecule has 1 aromatic rings. The SMILES string of the molecule is C[n+]1ccn(CCCC=S(=O)=O)c1.O=S(=O)([O-])C(F)(F)F. The van der Waals surface area contributed by atoms with Gasteiger partial charge in [0, 0.05) is 5.37 Å². The van der Waals surface area contributed by atoms with Gasteiger partial charge in [-0.25, -0.2) is 17.6 Å². The first kappa shape index (κ1) is 19.6. The average Bonchev–Trinajstić information content (AvgIpc) is 2.68. The third-order valence-corrected chi connectivity index (χ3v) is 3.06. The minimum absolute atomic E-state index is 0.609. The fraction of sp³-hybridized carbons (Fsp3) is 0.556. The molecule has 1 aromatic heterocycles. The standard InChI is InChI=1S/C8H13N2O2S.CHF3O3S/c1-9-5-6-10(8-9)4-2-3-7-13(11)12;2-1(3,4)8(5,6)7/h5-8H,2-4H2,1H3;(H,5,6,7)/q+1;/p-1. The molecule has 1 heterocycles. The normalized spacial score (nSPS) is 11.5. The minimum Gasteiger partial charge on any atom is -0.741 e. The molecule has 0 N–H and O–H groups in total. The number of hydrogen-bond donors (Lipinski definition) is 0. The van der Waals surface area contributed by atoms with Crippen LogP contribution in [0.15, 0.2) is 18.7 Å². The Morgan fingerprint density at radius 3 is 2.24 bits per heavy atom. The van der Waals surface area contributed by atoms with Crippen molar-refractivity contribution in [2.24, 2.45) is 7.05 Å². The largest absolute Gasteiger partial charge is 0.741 e. The molecule has 1 rings (SSSR count). The summed E-state index contributed by atoms with van der Waals surface area (Å²) in [7, 11) is -6.14. The lowest BCUT2D eigenvalue weighted by Crippen LogP contribution is -2.23. The highest BCUT2D eigenvalue weighted by Gasteiger charge is 2.36. The van der Waals surface area contributed by atoms with Crippen molar-refractivity contribution in [2.45, 2.75) is 24.9 Å². The molecule has 0 fully saturated rings. The molecule has 0 aliphatic carbocycles. The number of halogens is 3. The molecule has 0 unspecified atom stereocenters. The van der Waals surface area contributed by atoms with Gasteiger partial charge in [-0.3, -0.25) is 0 Å². The Bertz CT molecular complexity index is 668. The Morgan fingerprint density at radius 1 is 1.38 bits per heavy atom. The molecule has 0 amide bonds. The number of aryl methyl sites for hydroxylation is 2. The molecular formula is C9H13F3N2O5S2. The number of unbranched alkanes of at least 4 members (excludes halogenated alkanes) is 1. The fourth-order valence-electron chi connectivity index (χ4n) is 1.09. The van der Waals surface area contributed by atoms with Crippen molar-refractivity contribution in [2.75, 3.05) is 0 Å². The van der Waals surface area contributed by atoms with E-state index in [9.17, 15) is 21.6 Å². The van der Waals surface area contributed by atoms with Crippen molar-refractivity contribution in [3.63, 3.8) is 0 Å². The van der Waals surface area contributed by atoms with Crippen LogP contribution in [0.1, 0.15) is 12.8 Å². The summed E-state index contributed by atoms with van der Waals surface area (Å²) in [5.41, 5.74) is -5.65. The van der Waals surface area contributed by atoms with Gasteiger partial charge in [0.25, 0.3) is 0 Å². The summed E-state index contributed by atoms with van der Waals surface area (Å²) in [4.78, 5) is 0. The Labute approximate surface area is 120 Å². The summed E-state index contributed by atoms with van der Waals surface area (Å²) < 4.78 is 83.2. The van der Waals surface area contributed by atoms with Gasteiger partial charge < -0.3 is 4.55 Å². The maximum Gasteiger partial charge on any atom is 0.485 e. The molecule has 0 atom stereocenters. The molecule has 12 heteroatoms. The van der Waals surface area contributed by atoms with E-state index in [-0.39, 0.29) is 0 Å². The molecule has 0 spiro atoms. The number of rotatable bonds is 4. The third-order valence-electron chi connectivity index (χ3n) is 1.98. The van der Waals surface area contributed by atoms with E-state index in [1.807, 2.05) is 34.9 Å². The topological polar surface area (TPSA) is 100 Å². The van der Waals surface area contributed by atoms with Crippen molar-refractivity contribution >= 4 is 25.8 Å².